The highest BCUT2D eigenvalue weighted by molar-refractivity contribution is 7.90. The van der Waals surface area contributed by atoms with E-state index in [1.54, 1.807) is 28.9 Å². The molecule has 1 heterocycles. The van der Waals surface area contributed by atoms with Crippen LogP contribution < -0.4 is 5.32 Å². The molecule has 0 bridgehead atoms. The third-order valence-electron chi connectivity index (χ3n) is 2.75. The highest BCUT2D eigenvalue weighted by atomic mass is 32.2. The van der Waals surface area contributed by atoms with Crippen LogP contribution in [0.15, 0.2) is 29.2 Å². The fourth-order valence-electron chi connectivity index (χ4n) is 1.73. The molecule has 0 fully saturated rings. The molecule has 2 rings (SSSR count). The SMILES string of the molecule is CCCNCc1nnnn1-c1ccc(S(C)(=O)=O)cc1. The fraction of sp³-hybridized carbons (Fsp3) is 0.417. The maximum Gasteiger partial charge on any atom is 0.175 e. The van der Waals surface area contributed by atoms with Gasteiger partial charge in [-0.25, -0.2) is 8.42 Å². The van der Waals surface area contributed by atoms with Crippen LogP contribution in [0.4, 0.5) is 0 Å². The lowest BCUT2D eigenvalue weighted by Crippen LogP contribution is -2.17. The summed E-state index contributed by atoms with van der Waals surface area (Å²) in [6, 6.07) is 6.48. The number of aromatic nitrogens is 4. The van der Waals surface area contributed by atoms with Crippen molar-refractivity contribution < 1.29 is 8.42 Å². The summed E-state index contributed by atoms with van der Waals surface area (Å²) >= 11 is 0. The van der Waals surface area contributed by atoms with E-state index in [1.807, 2.05) is 0 Å². The number of nitrogens with one attached hydrogen (secondary N) is 1. The third-order valence-corrected chi connectivity index (χ3v) is 3.88. The van der Waals surface area contributed by atoms with Crippen LogP contribution in [-0.4, -0.2) is 41.4 Å². The molecule has 0 aliphatic heterocycles. The average Bonchev–Trinajstić information content (AvgIpc) is 2.87. The molecule has 1 aromatic carbocycles. The van der Waals surface area contributed by atoms with E-state index in [0.29, 0.717) is 12.4 Å². The van der Waals surface area contributed by atoms with Gasteiger partial charge in [-0.15, -0.1) is 5.10 Å². The molecule has 8 heteroatoms. The van der Waals surface area contributed by atoms with E-state index in [4.69, 9.17) is 0 Å². The van der Waals surface area contributed by atoms with Crippen LogP contribution in [0.3, 0.4) is 0 Å². The Morgan fingerprint density at radius 3 is 2.55 bits per heavy atom. The summed E-state index contributed by atoms with van der Waals surface area (Å²) in [5.41, 5.74) is 0.732. The van der Waals surface area contributed by atoms with Crippen molar-refractivity contribution in [2.24, 2.45) is 0 Å². The Kier molecular flexibility index (Phi) is 4.46. The largest absolute Gasteiger partial charge is 0.310 e. The van der Waals surface area contributed by atoms with Crippen molar-refractivity contribution in [3.63, 3.8) is 0 Å². The van der Waals surface area contributed by atoms with Gasteiger partial charge in [0, 0.05) is 6.26 Å². The molecule has 0 amide bonds. The summed E-state index contributed by atoms with van der Waals surface area (Å²) < 4.78 is 24.4. The van der Waals surface area contributed by atoms with E-state index in [0.717, 1.165) is 18.7 Å². The average molecular weight is 295 g/mol. The lowest BCUT2D eigenvalue weighted by molar-refractivity contribution is 0.602. The Bertz CT molecular complexity index is 663. The minimum absolute atomic E-state index is 0.278. The van der Waals surface area contributed by atoms with Crippen LogP contribution >= 0.6 is 0 Å². The van der Waals surface area contributed by atoms with Crippen molar-refractivity contribution in [1.82, 2.24) is 25.5 Å². The monoisotopic (exact) mass is 295 g/mol. The van der Waals surface area contributed by atoms with Crippen LogP contribution in [0.25, 0.3) is 5.69 Å². The van der Waals surface area contributed by atoms with Crippen molar-refractivity contribution in [3.8, 4) is 5.69 Å². The van der Waals surface area contributed by atoms with E-state index in [2.05, 4.69) is 27.8 Å². The topological polar surface area (TPSA) is 89.8 Å². The Hall–Kier alpha value is -1.80. The zero-order valence-corrected chi connectivity index (χ0v) is 12.3. The maximum atomic E-state index is 11.4. The molecule has 108 valence electrons. The number of tetrazole rings is 1. The smallest absolute Gasteiger partial charge is 0.175 e. The molecule has 0 aliphatic rings. The van der Waals surface area contributed by atoms with E-state index in [1.165, 1.54) is 6.26 Å². The quantitative estimate of drug-likeness (QED) is 0.783. The van der Waals surface area contributed by atoms with Gasteiger partial charge in [0.05, 0.1) is 17.1 Å². The Morgan fingerprint density at radius 2 is 1.95 bits per heavy atom. The fourth-order valence-corrected chi connectivity index (χ4v) is 2.36. The number of rotatable bonds is 6. The number of sulfone groups is 1. The van der Waals surface area contributed by atoms with Crippen molar-refractivity contribution in [2.75, 3.05) is 12.8 Å². The first-order valence-electron chi connectivity index (χ1n) is 6.31. The number of hydrogen-bond donors (Lipinski definition) is 1. The van der Waals surface area contributed by atoms with Gasteiger partial charge in [0.25, 0.3) is 0 Å². The van der Waals surface area contributed by atoms with Crippen LogP contribution in [0.1, 0.15) is 19.2 Å². The Labute approximate surface area is 117 Å². The van der Waals surface area contributed by atoms with Gasteiger partial charge in [0.15, 0.2) is 15.7 Å². The molecule has 0 unspecified atom stereocenters. The zero-order chi connectivity index (χ0) is 14.6. The van der Waals surface area contributed by atoms with Gasteiger partial charge in [-0.3, -0.25) is 0 Å². The maximum absolute atomic E-state index is 11.4. The zero-order valence-electron chi connectivity index (χ0n) is 11.4. The van der Waals surface area contributed by atoms with Gasteiger partial charge in [-0.1, -0.05) is 6.92 Å². The van der Waals surface area contributed by atoms with E-state index in [-0.39, 0.29) is 4.90 Å². The van der Waals surface area contributed by atoms with Gasteiger partial charge in [-0.05, 0) is 47.7 Å². The first-order valence-corrected chi connectivity index (χ1v) is 8.20. The lowest BCUT2D eigenvalue weighted by atomic mass is 10.3. The summed E-state index contributed by atoms with van der Waals surface area (Å²) in [6.45, 7) is 3.54. The van der Waals surface area contributed by atoms with Gasteiger partial charge < -0.3 is 5.32 Å². The molecule has 1 N–H and O–H groups in total. The second-order valence-corrected chi connectivity index (χ2v) is 6.47. The minimum atomic E-state index is -3.19. The minimum Gasteiger partial charge on any atom is -0.310 e. The standard InChI is InChI=1S/C12H17N5O2S/c1-3-8-13-9-12-14-15-16-17(12)10-4-6-11(7-5-10)20(2,18)19/h4-7,13H,3,8-9H2,1-2H3. The molecule has 7 nitrogen and oxygen atoms in total. The molecule has 0 radical (unpaired) electrons. The van der Waals surface area contributed by atoms with Gasteiger partial charge >= 0.3 is 0 Å². The van der Waals surface area contributed by atoms with Crippen LogP contribution in [0.2, 0.25) is 0 Å². The molecular formula is C12H17N5O2S. The van der Waals surface area contributed by atoms with E-state index >= 15 is 0 Å². The first kappa shape index (κ1) is 14.6. The first-order chi connectivity index (χ1) is 9.52. The summed E-state index contributed by atoms with van der Waals surface area (Å²) in [7, 11) is -3.19. The molecule has 0 atom stereocenters. The van der Waals surface area contributed by atoms with Crippen molar-refractivity contribution in [1.29, 1.82) is 0 Å². The second-order valence-electron chi connectivity index (χ2n) is 4.45. The van der Waals surface area contributed by atoms with Crippen molar-refractivity contribution in [2.45, 2.75) is 24.8 Å². The normalized spacial score (nSPS) is 11.7. The summed E-state index contributed by atoms with van der Waals surface area (Å²) in [6.07, 6.45) is 2.21. The predicted octanol–water partition coefficient (Wildman–Crippen LogP) is 0.565. The molecule has 0 spiro atoms. The number of nitrogens with zero attached hydrogens (tertiary/aromatic N) is 4. The van der Waals surface area contributed by atoms with Gasteiger partial charge in [0.2, 0.25) is 0 Å². The van der Waals surface area contributed by atoms with Crippen LogP contribution in [-0.2, 0) is 16.4 Å². The summed E-state index contributed by atoms with van der Waals surface area (Å²) in [5, 5.41) is 14.8. The van der Waals surface area contributed by atoms with Crippen molar-refractivity contribution in [3.05, 3.63) is 30.1 Å². The second kappa shape index (κ2) is 6.10. The molecular weight excluding hydrogens is 278 g/mol. The highest BCUT2D eigenvalue weighted by Crippen LogP contribution is 2.13. The van der Waals surface area contributed by atoms with Crippen molar-refractivity contribution >= 4 is 9.84 Å². The summed E-state index contributed by atoms with van der Waals surface area (Å²) in [5.74, 6) is 0.686. The van der Waals surface area contributed by atoms with Gasteiger partial charge in [-0.2, -0.15) is 4.68 Å². The van der Waals surface area contributed by atoms with E-state index < -0.39 is 9.84 Å². The predicted molar refractivity (Wildman–Crippen MR) is 74.3 cm³/mol. The Balaban J connectivity index is 2.22. The molecule has 1 aromatic heterocycles. The van der Waals surface area contributed by atoms with Crippen LogP contribution in [0, 0.1) is 0 Å². The molecule has 0 aliphatic carbocycles. The molecule has 0 saturated carbocycles. The summed E-state index contributed by atoms with van der Waals surface area (Å²) in [4.78, 5) is 0.278. The Morgan fingerprint density at radius 1 is 1.25 bits per heavy atom. The number of benzene rings is 1. The third kappa shape index (κ3) is 3.40. The van der Waals surface area contributed by atoms with Crippen LogP contribution in [0.5, 0.6) is 0 Å². The molecule has 20 heavy (non-hydrogen) atoms. The molecule has 0 saturated heterocycles. The highest BCUT2D eigenvalue weighted by Gasteiger charge is 2.10. The number of hydrogen-bond acceptors (Lipinski definition) is 6. The lowest BCUT2D eigenvalue weighted by Gasteiger charge is -2.06. The van der Waals surface area contributed by atoms with Gasteiger partial charge in [0.1, 0.15) is 0 Å². The molecule has 2 aromatic rings. The van der Waals surface area contributed by atoms with E-state index in [9.17, 15) is 8.42 Å².